The number of hydrogen-bond acceptors (Lipinski definition) is 3. The molecular weight excluding hydrogens is 228 g/mol. The molecule has 0 aliphatic carbocycles. The fourth-order valence-corrected chi connectivity index (χ4v) is 1.52. The molecule has 0 unspecified atom stereocenters. The van der Waals surface area contributed by atoms with E-state index in [1.165, 1.54) is 7.05 Å². The summed E-state index contributed by atoms with van der Waals surface area (Å²) in [7, 11) is -2.16. The van der Waals surface area contributed by atoms with E-state index in [-0.39, 0.29) is 6.61 Å². The second-order valence-electron chi connectivity index (χ2n) is 2.85. The van der Waals surface area contributed by atoms with Crippen LogP contribution < -0.4 is 9.44 Å². The minimum absolute atomic E-state index is 0.200. The van der Waals surface area contributed by atoms with Crippen molar-refractivity contribution in [3.8, 4) is 11.8 Å². The molecule has 0 aliphatic heterocycles. The lowest BCUT2D eigenvalue weighted by Gasteiger charge is -2.05. The topological polar surface area (TPSA) is 78.4 Å². The van der Waals surface area contributed by atoms with Gasteiger partial charge in [0.05, 0.1) is 0 Å². The zero-order valence-electron chi connectivity index (χ0n) is 8.69. The van der Waals surface area contributed by atoms with E-state index in [4.69, 9.17) is 5.11 Å². The smallest absolute Gasteiger partial charge is 0.298 e. The van der Waals surface area contributed by atoms with Gasteiger partial charge in [0.2, 0.25) is 0 Å². The van der Waals surface area contributed by atoms with Crippen molar-refractivity contribution < 1.29 is 13.5 Å². The predicted molar refractivity (Wildman–Crippen MR) is 62.0 cm³/mol. The summed E-state index contributed by atoms with van der Waals surface area (Å²) in [4.78, 5) is 0. The highest BCUT2D eigenvalue weighted by atomic mass is 32.2. The van der Waals surface area contributed by atoms with Crippen LogP contribution in [0.5, 0.6) is 0 Å². The van der Waals surface area contributed by atoms with E-state index >= 15 is 0 Å². The molecule has 1 aromatic rings. The van der Waals surface area contributed by atoms with Crippen molar-refractivity contribution in [2.45, 2.75) is 0 Å². The molecule has 16 heavy (non-hydrogen) atoms. The van der Waals surface area contributed by atoms with Gasteiger partial charge in [-0.3, -0.25) is 4.72 Å². The van der Waals surface area contributed by atoms with Crippen molar-refractivity contribution in [3.05, 3.63) is 29.8 Å². The quantitative estimate of drug-likeness (QED) is 0.646. The Bertz CT molecular complexity index is 497. The summed E-state index contributed by atoms with van der Waals surface area (Å²) in [5, 5.41) is 8.49. The van der Waals surface area contributed by atoms with Gasteiger partial charge >= 0.3 is 0 Å². The van der Waals surface area contributed by atoms with Crippen LogP contribution >= 0.6 is 0 Å². The summed E-state index contributed by atoms with van der Waals surface area (Å²) in [6.45, 7) is -0.200. The Morgan fingerprint density at radius 2 is 1.94 bits per heavy atom. The van der Waals surface area contributed by atoms with E-state index < -0.39 is 10.2 Å². The van der Waals surface area contributed by atoms with Gasteiger partial charge in [0, 0.05) is 18.3 Å². The molecule has 0 heterocycles. The summed E-state index contributed by atoms with van der Waals surface area (Å²) in [5.41, 5.74) is 1.16. The number of nitrogens with one attached hydrogen (secondary N) is 2. The van der Waals surface area contributed by atoms with E-state index in [1.54, 1.807) is 24.3 Å². The van der Waals surface area contributed by atoms with E-state index in [2.05, 4.69) is 21.3 Å². The van der Waals surface area contributed by atoms with Crippen molar-refractivity contribution in [2.24, 2.45) is 0 Å². The van der Waals surface area contributed by atoms with Gasteiger partial charge in [-0.25, -0.2) is 4.72 Å². The second-order valence-corrected chi connectivity index (χ2v) is 4.47. The first-order valence-corrected chi connectivity index (χ1v) is 5.97. The molecule has 0 bridgehead atoms. The van der Waals surface area contributed by atoms with Crippen molar-refractivity contribution in [2.75, 3.05) is 18.4 Å². The van der Waals surface area contributed by atoms with E-state index in [1.807, 2.05) is 0 Å². The molecule has 3 N–H and O–H groups in total. The molecule has 1 rings (SSSR count). The Kier molecular flexibility index (Phi) is 4.31. The molecule has 1 aromatic carbocycles. The molecule has 0 spiro atoms. The number of rotatable bonds is 3. The molecule has 0 atom stereocenters. The van der Waals surface area contributed by atoms with E-state index in [0.29, 0.717) is 11.3 Å². The first kappa shape index (κ1) is 12.5. The maximum atomic E-state index is 11.1. The molecule has 0 saturated carbocycles. The minimum atomic E-state index is -3.48. The maximum absolute atomic E-state index is 11.1. The van der Waals surface area contributed by atoms with Crippen molar-refractivity contribution >= 4 is 15.9 Å². The minimum Gasteiger partial charge on any atom is -0.384 e. The highest BCUT2D eigenvalue weighted by Gasteiger charge is 2.04. The van der Waals surface area contributed by atoms with Crippen LogP contribution in [0.4, 0.5) is 5.69 Å². The van der Waals surface area contributed by atoms with Crippen LogP contribution in [0, 0.1) is 11.8 Å². The summed E-state index contributed by atoms with van der Waals surface area (Å²) in [6, 6.07) is 6.51. The molecule has 0 saturated heterocycles. The third kappa shape index (κ3) is 3.90. The van der Waals surface area contributed by atoms with Crippen LogP contribution in [-0.4, -0.2) is 27.2 Å². The molecule has 0 radical (unpaired) electrons. The Balaban J connectivity index is 2.80. The number of aliphatic hydroxyl groups excluding tert-OH is 1. The Hall–Kier alpha value is -1.55. The molecule has 86 valence electrons. The molecule has 0 fully saturated rings. The summed E-state index contributed by atoms with van der Waals surface area (Å²) < 4.78 is 26.7. The first-order chi connectivity index (χ1) is 7.57. The van der Waals surface area contributed by atoms with Gasteiger partial charge in [0.15, 0.2) is 0 Å². The summed E-state index contributed by atoms with van der Waals surface area (Å²) in [6.07, 6.45) is 0. The van der Waals surface area contributed by atoms with Crippen LogP contribution in [0.1, 0.15) is 5.56 Å². The first-order valence-electron chi connectivity index (χ1n) is 4.48. The normalized spacial score (nSPS) is 10.4. The monoisotopic (exact) mass is 240 g/mol. The van der Waals surface area contributed by atoms with Crippen LogP contribution in [0.2, 0.25) is 0 Å². The van der Waals surface area contributed by atoms with Crippen molar-refractivity contribution in [1.29, 1.82) is 0 Å². The molecule has 0 aromatic heterocycles. The average Bonchev–Trinajstić information content (AvgIpc) is 2.28. The molecule has 0 amide bonds. The summed E-state index contributed by atoms with van der Waals surface area (Å²) in [5.74, 6) is 5.20. The van der Waals surface area contributed by atoms with Gasteiger partial charge < -0.3 is 5.11 Å². The molecular formula is C10H12N2O3S. The van der Waals surface area contributed by atoms with Crippen molar-refractivity contribution in [1.82, 2.24) is 4.72 Å². The van der Waals surface area contributed by atoms with Gasteiger partial charge in [-0.05, 0) is 24.3 Å². The Labute approximate surface area is 94.7 Å². The third-order valence-corrected chi connectivity index (χ3v) is 2.76. The number of hydrogen-bond donors (Lipinski definition) is 3. The lowest BCUT2D eigenvalue weighted by atomic mass is 10.2. The number of aliphatic hydroxyl groups is 1. The van der Waals surface area contributed by atoms with E-state index in [9.17, 15) is 8.42 Å². The van der Waals surface area contributed by atoms with Crippen molar-refractivity contribution in [3.63, 3.8) is 0 Å². The second kappa shape index (κ2) is 5.51. The fourth-order valence-electron chi connectivity index (χ4n) is 0.969. The Morgan fingerprint density at radius 3 is 2.44 bits per heavy atom. The molecule has 6 heteroatoms. The third-order valence-electron chi connectivity index (χ3n) is 1.72. The van der Waals surface area contributed by atoms with Gasteiger partial charge in [-0.1, -0.05) is 11.8 Å². The van der Waals surface area contributed by atoms with Crippen LogP contribution in [0.15, 0.2) is 24.3 Å². The zero-order valence-corrected chi connectivity index (χ0v) is 9.50. The summed E-state index contributed by atoms with van der Waals surface area (Å²) >= 11 is 0. The number of benzene rings is 1. The molecule has 0 aliphatic rings. The number of anilines is 1. The SMILES string of the molecule is CNS(=O)(=O)Nc1ccc(C#CCO)cc1. The Morgan fingerprint density at radius 1 is 1.31 bits per heavy atom. The highest BCUT2D eigenvalue weighted by molar-refractivity contribution is 7.90. The van der Waals surface area contributed by atoms with Crippen LogP contribution in [-0.2, 0) is 10.2 Å². The average molecular weight is 240 g/mol. The fraction of sp³-hybridized carbons (Fsp3) is 0.200. The standard InChI is InChI=1S/C10H12N2O3S/c1-11-16(14,15)12-10-6-4-9(5-7-10)3-2-8-13/h4-7,11-13H,8H2,1H3. The highest BCUT2D eigenvalue weighted by Crippen LogP contribution is 2.09. The van der Waals surface area contributed by atoms with Gasteiger partial charge in [0.25, 0.3) is 10.2 Å². The van der Waals surface area contributed by atoms with Gasteiger partial charge in [0.1, 0.15) is 6.61 Å². The van der Waals surface area contributed by atoms with Crippen LogP contribution in [0.3, 0.4) is 0 Å². The van der Waals surface area contributed by atoms with Gasteiger partial charge in [-0.15, -0.1) is 0 Å². The maximum Gasteiger partial charge on any atom is 0.298 e. The lowest BCUT2D eigenvalue weighted by Crippen LogP contribution is -2.26. The van der Waals surface area contributed by atoms with Crippen LogP contribution in [0.25, 0.3) is 0 Å². The molecule has 5 nitrogen and oxygen atoms in total. The lowest BCUT2D eigenvalue weighted by molar-refractivity contribution is 0.350. The predicted octanol–water partition coefficient (Wildman–Crippen LogP) is -0.0935. The zero-order chi connectivity index (χ0) is 12.0. The van der Waals surface area contributed by atoms with E-state index in [0.717, 1.165) is 0 Å². The van der Waals surface area contributed by atoms with Gasteiger partial charge in [-0.2, -0.15) is 8.42 Å². The largest absolute Gasteiger partial charge is 0.384 e.